The lowest BCUT2D eigenvalue weighted by Gasteiger charge is -2.11. The van der Waals surface area contributed by atoms with Crippen LogP contribution in [0.5, 0.6) is 0 Å². The van der Waals surface area contributed by atoms with Crippen LogP contribution in [-0.2, 0) is 0 Å². The monoisotopic (exact) mass is 759 g/mol. The molecule has 1 aromatic heterocycles. The molecule has 0 aliphatic carbocycles. The first-order valence-corrected chi connectivity index (χ1v) is 13.9. The average molecular weight is 760 g/mol. The fraction of sp³-hybridized carbons (Fsp3) is 0.160. The van der Waals surface area contributed by atoms with Gasteiger partial charge >= 0.3 is 0 Å². The Kier molecular flexibility index (Phi) is 8.26. The molecule has 0 radical (unpaired) electrons. The largest absolute Gasteiger partial charge is 0.436 e. The van der Waals surface area contributed by atoms with Crippen molar-refractivity contribution >= 4 is 101 Å². The Bertz CT molecular complexity index is 1390. The molecular weight excluding hydrogens is 740 g/mol. The lowest BCUT2D eigenvalue weighted by Crippen LogP contribution is -2.34. The fourth-order valence-corrected chi connectivity index (χ4v) is 5.82. The van der Waals surface area contributed by atoms with Crippen molar-refractivity contribution in [2.45, 2.75) is 26.2 Å². The number of carbonyl (C=O) groups is 1. The van der Waals surface area contributed by atoms with Crippen molar-refractivity contribution in [2.24, 2.45) is 0 Å². The van der Waals surface area contributed by atoms with E-state index in [-0.39, 0.29) is 11.0 Å². The second kappa shape index (κ2) is 11.0. The molecule has 0 fully saturated rings. The highest BCUT2D eigenvalue weighted by molar-refractivity contribution is 14.1. The van der Waals surface area contributed by atoms with Gasteiger partial charge in [-0.15, -0.1) is 0 Å². The van der Waals surface area contributed by atoms with E-state index in [1.165, 1.54) is 5.56 Å². The Morgan fingerprint density at radius 2 is 1.88 bits per heavy atom. The van der Waals surface area contributed by atoms with Gasteiger partial charge in [0.1, 0.15) is 5.52 Å². The van der Waals surface area contributed by atoms with Crippen LogP contribution in [-0.4, -0.2) is 16.0 Å². The molecule has 5 nitrogen and oxygen atoms in total. The summed E-state index contributed by atoms with van der Waals surface area (Å²) in [6, 6.07) is 17.5. The molecule has 9 heteroatoms. The highest BCUT2D eigenvalue weighted by Crippen LogP contribution is 2.29. The zero-order valence-electron chi connectivity index (χ0n) is 18.3. The van der Waals surface area contributed by atoms with E-state index >= 15 is 0 Å². The maximum atomic E-state index is 12.7. The number of fused-ring (bicyclic) bond motifs is 1. The lowest BCUT2D eigenvalue weighted by molar-refractivity contribution is 0.0977. The van der Waals surface area contributed by atoms with Crippen LogP contribution in [0.4, 0.5) is 5.69 Å². The molecule has 174 valence electrons. The molecule has 1 heterocycles. The van der Waals surface area contributed by atoms with Crippen LogP contribution < -0.4 is 10.6 Å². The molecule has 0 bridgehead atoms. The molecular formula is C25H20BrI2N3O2S. The highest BCUT2D eigenvalue weighted by Gasteiger charge is 2.15. The third-order valence-electron chi connectivity index (χ3n) is 5.45. The summed E-state index contributed by atoms with van der Waals surface area (Å²) in [6.07, 6.45) is 1.08. The lowest BCUT2D eigenvalue weighted by atomic mass is 9.98. The third-order valence-corrected chi connectivity index (χ3v) is 8.72. The van der Waals surface area contributed by atoms with E-state index in [2.05, 4.69) is 103 Å². The van der Waals surface area contributed by atoms with Crippen molar-refractivity contribution < 1.29 is 9.21 Å². The normalized spacial score (nSPS) is 11.9. The van der Waals surface area contributed by atoms with Gasteiger partial charge in [0.15, 0.2) is 10.7 Å². The molecule has 1 atom stereocenters. The summed E-state index contributed by atoms with van der Waals surface area (Å²) >= 11 is 13.2. The summed E-state index contributed by atoms with van der Waals surface area (Å²) in [4.78, 5) is 17.4. The molecule has 1 amide bonds. The zero-order valence-corrected chi connectivity index (χ0v) is 25.0. The Morgan fingerprint density at radius 3 is 2.59 bits per heavy atom. The van der Waals surface area contributed by atoms with Gasteiger partial charge < -0.3 is 9.73 Å². The molecule has 0 saturated carbocycles. The van der Waals surface area contributed by atoms with E-state index in [0.29, 0.717) is 17.4 Å². The second-order valence-electron chi connectivity index (χ2n) is 7.79. The van der Waals surface area contributed by atoms with Crippen molar-refractivity contribution in [2.75, 3.05) is 5.32 Å². The predicted octanol–water partition coefficient (Wildman–Crippen LogP) is 8.11. The third kappa shape index (κ3) is 5.80. The Labute approximate surface area is 238 Å². The Hall–Kier alpha value is -1.57. The first kappa shape index (κ1) is 25.5. The van der Waals surface area contributed by atoms with Crippen LogP contribution in [0, 0.1) is 7.14 Å². The summed E-state index contributed by atoms with van der Waals surface area (Å²) in [5.41, 5.74) is 5.03. The number of amides is 1. The van der Waals surface area contributed by atoms with Crippen molar-refractivity contribution in [1.82, 2.24) is 10.3 Å². The first-order valence-electron chi connectivity index (χ1n) is 10.5. The van der Waals surface area contributed by atoms with Gasteiger partial charge in [-0.1, -0.05) is 19.9 Å². The van der Waals surface area contributed by atoms with Crippen LogP contribution in [0.15, 0.2) is 63.5 Å². The maximum Gasteiger partial charge on any atom is 0.258 e. The number of hydrogen-bond donors (Lipinski definition) is 2. The van der Waals surface area contributed by atoms with E-state index in [9.17, 15) is 4.79 Å². The van der Waals surface area contributed by atoms with Crippen molar-refractivity contribution in [3.8, 4) is 11.5 Å². The number of halogens is 3. The Morgan fingerprint density at radius 1 is 1.15 bits per heavy atom. The van der Waals surface area contributed by atoms with E-state index in [0.717, 1.165) is 40.4 Å². The van der Waals surface area contributed by atoms with Gasteiger partial charge in [0, 0.05) is 22.9 Å². The maximum absolute atomic E-state index is 12.7. The molecule has 0 aliphatic heterocycles. The van der Waals surface area contributed by atoms with E-state index in [1.807, 2.05) is 42.5 Å². The number of aromatic nitrogens is 1. The number of nitrogens with one attached hydrogen (secondary N) is 2. The fourth-order valence-electron chi connectivity index (χ4n) is 3.36. The summed E-state index contributed by atoms with van der Waals surface area (Å²) in [5.74, 6) is 0.770. The average Bonchev–Trinajstić information content (AvgIpc) is 3.24. The van der Waals surface area contributed by atoms with Crippen LogP contribution in [0.25, 0.3) is 22.6 Å². The second-order valence-corrected chi connectivity index (χ2v) is 11.4. The van der Waals surface area contributed by atoms with Gasteiger partial charge in [0.2, 0.25) is 5.89 Å². The minimum absolute atomic E-state index is 0.220. The summed E-state index contributed by atoms with van der Waals surface area (Å²) in [6.45, 7) is 4.39. The van der Waals surface area contributed by atoms with E-state index in [4.69, 9.17) is 16.6 Å². The first-order chi connectivity index (χ1) is 16.2. The number of benzene rings is 3. The molecule has 4 aromatic rings. The van der Waals surface area contributed by atoms with Crippen LogP contribution in [0.3, 0.4) is 0 Å². The molecule has 3 aromatic carbocycles. The van der Waals surface area contributed by atoms with Crippen molar-refractivity contribution in [3.63, 3.8) is 0 Å². The number of thiocarbonyl (C=S) groups is 1. The standard InChI is InChI=1S/C25H20BrI2N3O2S/c1-3-13(2)15-6-9-21-20(10-15)30-24(33-21)14-4-7-17(8-5-14)29-25(34)31-23(32)18-11-16(27)12-19(28)22(18)26/h4-13H,3H2,1-2H3,(H2,29,31,32,34)/t13-/m1/s1. The predicted molar refractivity (Wildman–Crippen MR) is 161 cm³/mol. The topological polar surface area (TPSA) is 67.2 Å². The zero-order chi connectivity index (χ0) is 24.4. The molecule has 2 N–H and O–H groups in total. The van der Waals surface area contributed by atoms with Gasteiger partial charge in [-0.05, 0) is 140 Å². The van der Waals surface area contributed by atoms with Gasteiger partial charge in [-0.3, -0.25) is 10.1 Å². The smallest absolute Gasteiger partial charge is 0.258 e. The number of nitrogens with zero attached hydrogens (tertiary/aromatic N) is 1. The summed E-state index contributed by atoms with van der Waals surface area (Å²) in [7, 11) is 0. The Balaban J connectivity index is 1.45. The number of rotatable bonds is 5. The van der Waals surface area contributed by atoms with Gasteiger partial charge in [0.25, 0.3) is 5.91 Å². The van der Waals surface area contributed by atoms with Crippen LogP contribution in [0.2, 0.25) is 0 Å². The van der Waals surface area contributed by atoms with Crippen molar-refractivity contribution in [1.29, 1.82) is 0 Å². The van der Waals surface area contributed by atoms with E-state index in [1.54, 1.807) is 0 Å². The SMILES string of the molecule is CC[C@@H](C)c1ccc2oc(-c3ccc(NC(=S)NC(=O)c4cc(I)cc(I)c4Br)cc3)nc2c1. The highest BCUT2D eigenvalue weighted by atomic mass is 127. The molecule has 0 saturated heterocycles. The number of oxazole rings is 1. The summed E-state index contributed by atoms with van der Waals surface area (Å²) < 4.78 is 8.63. The van der Waals surface area contributed by atoms with Crippen molar-refractivity contribution in [3.05, 3.63) is 77.3 Å². The minimum atomic E-state index is -0.277. The van der Waals surface area contributed by atoms with Crippen LogP contribution >= 0.6 is 73.3 Å². The van der Waals surface area contributed by atoms with Gasteiger partial charge in [0.05, 0.1) is 5.56 Å². The van der Waals surface area contributed by atoms with Gasteiger partial charge in [-0.25, -0.2) is 4.98 Å². The van der Waals surface area contributed by atoms with E-state index < -0.39 is 0 Å². The summed E-state index contributed by atoms with van der Waals surface area (Å²) in [5, 5.41) is 6.01. The quantitative estimate of drug-likeness (QED) is 0.122. The number of hydrogen-bond acceptors (Lipinski definition) is 4. The molecule has 0 spiro atoms. The van der Waals surface area contributed by atoms with Gasteiger partial charge in [-0.2, -0.15) is 0 Å². The minimum Gasteiger partial charge on any atom is -0.436 e. The number of anilines is 1. The molecule has 34 heavy (non-hydrogen) atoms. The van der Waals surface area contributed by atoms with Crippen LogP contribution in [0.1, 0.15) is 42.1 Å². The number of carbonyl (C=O) groups excluding carboxylic acids is 1. The molecule has 0 unspecified atom stereocenters. The molecule has 0 aliphatic rings. The molecule has 4 rings (SSSR count).